The summed E-state index contributed by atoms with van der Waals surface area (Å²) in [5.41, 5.74) is 15.1. The van der Waals surface area contributed by atoms with Crippen molar-refractivity contribution in [1.29, 1.82) is 0 Å². The minimum atomic E-state index is -0.0819. The molecule has 0 spiro atoms. The summed E-state index contributed by atoms with van der Waals surface area (Å²) in [6, 6.07) is 58.1. The fourth-order valence-corrected chi connectivity index (χ4v) is 8.27. The summed E-state index contributed by atoms with van der Waals surface area (Å²) in [4.78, 5) is 0. The van der Waals surface area contributed by atoms with Crippen molar-refractivity contribution >= 4 is 43.6 Å². The molecule has 0 radical (unpaired) electrons. The molecule has 2 heteroatoms. The van der Waals surface area contributed by atoms with Crippen LogP contribution in [0.15, 0.2) is 158 Å². The monoisotopic (exact) mass is 600 g/mol. The van der Waals surface area contributed by atoms with Gasteiger partial charge in [0, 0.05) is 38.3 Å². The SMILES string of the molecule is CC1(C)c2ccccc2-c2cc3c4cc(-c5ccccc5)ccc4n(-c4cccc(-n5c6ccccc6c6ccccc65)c4)c3cc21. The van der Waals surface area contributed by atoms with Crippen LogP contribution in [0.2, 0.25) is 0 Å². The zero-order valence-corrected chi connectivity index (χ0v) is 26.4. The second-order valence-electron chi connectivity index (χ2n) is 13.4. The highest BCUT2D eigenvalue weighted by Gasteiger charge is 2.36. The first-order valence-corrected chi connectivity index (χ1v) is 16.4. The summed E-state index contributed by atoms with van der Waals surface area (Å²) in [6.45, 7) is 4.74. The Hall–Kier alpha value is -5.86. The van der Waals surface area contributed by atoms with Gasteiger partial charge in [-0.05, 0) is 88.0 Å². The molecule has 0 unspecified atom stereocenters. The van der Waals surface area contributed by atoms with Crippen molar-refractivity contribution in [2.45, 2.75) is 19.3 Å². The van der Waals surface area contributed by atoms with E-state index in [1.165, 1.54) is 77.0 Å². The summed E-state index contributed by atoms with van der Waals surface area (Å²) in [5.74, 6) is 0. The molecule has 1 aliphatic rings. The lowest BCUT2D eigenvalue weighted by Gasteiger charge is -2.21. The number of benzene rings is 7. The van der Waals surface area contributed by atoms with Crippen LogP contribution in [0, 0.1) is 0 Å². The van der Waals surface area contributed by atoms with Gasteiger partial charge >= 0.3 is 0 Å². The Morgan fingerprint density at radius 3 is 1.70 bits per heavy atom. The van der Waals surface area contributed by atoms with E-state index in [-0.39, 0.29) is 5.41 Å². The number of aromatic nitrogens is 2. The molecule has 0 N–H and O–H groups in total. The van der Waals surface area contributed by atoms with E-state index in [2.05, 4.69) is 181 Å². The third-order valence-electron chi connectivity index (χ3n) is 10.5. The molecule has 0 atom stereocenters. The van der Waals surface area contributed by atoms with Crippen LogP contribution in [0.5, 0.6) is 0 Å². The first-order valence-electron chi connectivity index (χ1n) is 16.4. The van der Waals surface area contributed by atoms with Gasteiger partial charge in [0.15, 0.2) is 0 Å². The molecule has 0 saturated heterocycles. The van der Waals surface area contributed by atoms with Crippen LogP contribution in [-0.2, 0) is 5.41 Å². The molecule has 0 fully saturated rings. The van der Waals surface area contributed by atoms with Gasteiger partial charge in [0.25, 0.3) is 0 Å². The molecule has 2 heterocycles. The molecule has 1 aliphatic carbocycles. The number of hydrogen-bond donors (Lipinski definition) is 0. The van der Waals surface area contributed by atoms with Gasteiger partial charge in [0.05, 0.1) is 22.1 Å². The van der Waals surface area contributed by atoms with Crippen LogP contribution in [0.25, 0.3) is 77.2 Å². The van der Waals surface area contributed by atoms with Gasteiger partial charge in [-0.25, -0.2) is 0 Å². The minimum Gasteiger partial charge on any atom is -0.309 e. The zero-order valence-electron chi connectivity index (χ0n) is 26.4. The fourth-order valence-electron chi connectivity index (χ4n) is 8.27. The number of fused-ring (bicyclic) bond motifs is 9. The first kappa shape index (κ1) is 26.4. The third kappa shape index (κ3) is 3.67. The average molecular weight is 601 g/mol. The van der Waals surface area contributed by atoms with Gasteiger partial charge in [0.2, 0.25) is 0 Å². The smallest absolute Gasteiger partial charge is 0.0544 e. The van der Waals surface area contributed by atoms with Crippen molar-refractivity contribution in [3.8, 4) is 33.6 Å². The fraction of sp³-hybridized carbons (Fsp3) is 0.0667. The van der Waals surface area contributed by atoms with E-state index in [1.807, 2.05) is 0 Å². The molecule has 47 heavy (non-hydrogen) atoms. The molecule has 0 saturated carbocycles. The molecular weight excluding hydrogens is 569 g/mol. The normalized spacial score (nSPS) is 13.5. The van der Waals surface area contributed by atoms with Crippen LogP contribution in [0.1, 0.15) is 25.0 Å². The molecule has 9 aromatic rings. The Bertz CT molecular complexity index is 2650. The molecule has 7 aromatic carbocycles. The van der Waals surface area contributed by atoms with E-state index >= 15 is 0 Å². The Labute approximate surface area is 273 Å². The Morgan fingerprint density at radius 1 is 0.362 bits per heavy atom. The van der Waals surface area contributed by atoms with E-state index in [0.29, 0.717) is 0 Å². The second-order valence-corrected chi connectivity index (χ2v) is 13.4. The number of rotatable bonds is 3. The van der Waals surface area contributed by atoms with Crippen LogP contribution in [-0.4, -0.2) is 9.13 Å². The maximum absolute atomic E-state index is 2.48. The van der Waals surface area contributed by atoms with Gasteiger partial charge in [0.1, 0.15) is 0 Å². The highest BCUT2D eigenvalue weighted by Crippen LogP contribution is 2.51. The van der Waals surface area contributed by atoms with E-state index in [0.717, 1.165) is 11.4 Å². The van der Waals surface area contributed by atoms with E-state index < -0.39 is 0 Å². The Balaban J connectivity index is 1.27. The third-order valence-corrected chi connectivity index (χ3v) is 10.5. The van der Waals surface area contributed by atoms with Crippen molar-refractivity contribution in [2.24, 2.45) is 0 Å². The highest BCUT2D eigenvalue weighted by molar-refractivity contribution is 6.13. The lowest BCUT2D eigenvalue weighted by Crippen LogP contribution is -2.15. The number of nitrogens with zero attached hydrogens (tertiary/aromatic N) is 2. The number of para-hydroxylation sites is 2. The largest absolute Gasteiger partial charge is 0.309 e. The molecule has 10 rings (SSSR count). The van der Waals surface area contributed by atoms with Gasteiger partial charge in [-0.2, -0.15) is 0 Å². The van der Waals surface area contributed by atoms with Crippen molar-refractivity contribution in [3.05, 3.63) is 169 Å². The molecule has 222 valence electrons. The van der Waals surface area contributed by atoms with Crippen LogP contribution >= 0.6 is 0 Å². The van der Waals surface area contributed by atoms with Gasteiger partial charge in [-0.1, -0.05) is 117 Å². The average Bonchev–Trinajstić information content (AvgIpc) is 3.71. The Kier molecular flexibility index (Phi) is 5.37. The van der Waals surface area contributed by atoms with Crippen molar-refractivity contribution in [1.82, 2.24) is 9.13 Å². The highest BCUT2D eigenvalue weighted by atomic mass is 15.0. The summed E-state index contributed by atoms with van der Waals surface area (Å²) in [6.07, 6.45) is 0. The molecule has 0 aliphatic heterocycles. The topological polar surface area (TPSA) is 9.86 Å². The van der Waals surface area contributed by atoms with Crippen molar-refractivity contribution < 1.29 is 0 Å². The van der Waals surface area contributed by atoms with Crippen LogP contribution in [0.3, 0.4) is 0 Å². The zero-order chi connectivity index (χ0) is 31.3. The lowest BCUT2D eigenvalue weighted by molar-refractivity contribution is 0.661. The number of hydrogen-bond acceptors (Lipinski definition) is 0. The quantitative estimate of drug-likeness (QED) is 0.191. The summed E-state index contributed by atoms with van der Waals surface area (Å²) in [5, 5.41) is 5.10. The molecule has 0 bridgehead atoms. The van der Waals surface area contributed by atoms with Gasteiger partial charge in [-0.3, -0.25) is 0 Å². The van der Waals surface area contributed by atoms with Gasteiger partial charge in [-0.15, -0.1) is 0 Å². The molecule has 2 nitrogen and oxygen atoms in total. The summed E-state index contributed by atoms with van der Waals surface area (Å²) < 4.78 is 4.89. The van der Waals surface area contributed by atoms with Gasteiger partial charge < -0.3 is 9.13 Å². The maximum atomic E-state index is 2.48. The van der Waals surface area contributed by atoms with Crippen LogP contribution in [0.4, 0.5) is 0 Å². The first-order chi connectivity index (χ1) is 23.1. The predicted octanol–water partition coefficient (Wildman–Crippen LogP) is 11.9. The Morgan fingerprint density at radius 2 is 0.957 bits per heavy atom. The van der Waals surface area contributed by atoms with Crippen molar-refractivity contribution in [3.63, 3.8) is 0 Å². The molecule has 2 aromatic heterocycles. The minimum absolute atomic E-state index is 0.0819. The van der Waals surface area contributed by atoms with E-state index in [1.54, 1.807) is 0 Å². The second kappa shape index (κ2) is 9.57. The summed E-state index contributed by atoms with van der Waals surface area (Å²) >= 11 is 0. The van der Waals surface area contributed by atoms with E-state index in [9.17, 15) is 0 Å². The molecule has 0 amide bonds. The predicted molar refractivity (Wildman–Crippen MR) is 198 cm³/mol. The molecular formula is C45H32N2. The van der Waals surface area contributed by atoms with E-state index in [4.69, 9.17) is 0 Å². The standard InChI is InChI=1S/C45H32N2/c1-45(2)39-20-9-6-17-33(39)36-27-38-37-25-30(29-13-4-3-5-14-29)23-24-43(37)47(44(38)28-40(36)45)32-16-12-15-31(26-32)46-41-21-10-7-18-34(41)35-19-8-11-22-42(35)46/h3-28H,1-2H3. The van der Waals surface area contributed by atoms with Crippen LogP contribution < -0.4 is 0 Å². The lowest BCUT2D eigenvalue weighted by atomic mass is 9.82. The maximum Gasteiger partial charge on any atom is 0.0544 e. The van der Waals surface area contributed by atoms with Crippen molar-refractivity contribution in [2.75, 3.05) is 0 Å². The summed E-state index contributed by atoms with van der Waals surface area (Å²) in [7, 11) is 0.